The first-order valence-electron chi connectivity index (χ1n) is 9.28. The summed E-state index contributed by atoms with van der Waals surface area (Å²) in [5.74, 6) is 0.0328. The van der Waals surface area contributed by atoms with Gasteiger partial charge in [-0.2, -0.15) is 0 Å². The summed E-state index contributed by atoms with van der Waals surface area (Å²) in [6, 6.07) is 11.9. The number of rotatable bonds is 4. The number of aryl methyl sites for hydroxylation is 3. The van der Waals surface area contributed by atoms with Crippen molar-refractivity contribution in [2.75, 3.05) is 22.5 Å². The Kier molecular flexibility index (Phi) is 5.43. The highest BCUT2D eigenvalue weighted by Gasteiger charge is 2.26. The number of hydrogen-bond donors (Lipinski definition) is 1. The smallest absolute Gasteiger partial charge is 0.246 e. The quantitative estimate of drug-likeness (QED) is 0.654. The minimum atomic E-state index is -0.252. The van der Waals surface area contributed by atoms with Crippen LogP contribution in [-0.2, 0) is 9.59 Å². The van der Waals surface area contributed by atoms with E-state index in [2.05, 4.69) is 43.2 Å². The number of anilines is 2. The molecule has 1 aromatic heterocycles. The number of nitrogens with zero attached hydrogens (tertiary/aromatic N) is 2. The normalized spacial score (nSPS) is 13.3. The molecule has 0 spiro atoms. The van der Waals surface area contributed by atoms with Crippen molar-refractivity contribution >= 4 is 45.7 Å². The Labute approximate surface area is 178 Å². The van der Waals surface area contributed by atoms with Crippen LogP contribution in [-0.4, -0.2) is 29.1 Å². The zero-order valence-corrected chi connectivity index (χ0v) is 18.1. The van der Waals surface area contributed by atoms with Gasteiger partial charge in [-0.05, 0) is 44.0 Å². The third kappa shape index (κ3) is 4.06. The van der Waals surface area contributed by atoms with Gasteiger partial charge < -0.3 is 10.2 Å². The molecule has 0 radical (unpaired) electrons. The van der Waals surface area contributed by atoms with Gasteiger partial charge in [-0.1, -0.05) is 29.8 Å². The second-order valence-corrected chi connectivity index (χ2v) is 8.97. The predicted molar refractivity (Wildman–Crippen MR) is 120 cm³/mol. The average Bonchev–Trinajstić information content (AvgIpc) is 3.11. The Hall–Kier alpha value is -2.64. The van der Waals surface area contributed by atoms with Crippen LogP contribution in [0.5, 0.6) is 0 Å². The highest BCUT2D eigenvalue weighted by atomic mass is 32.2. The van der Waals surface area contributed by atoms with Crippen molar-refractivity contribution in [3.8, 4) is 11.3 Å². The summed E-state index contributed by atoms with van der Waals surface area (Å²) in [5, 5.41) is 5.34. The van der Waals surface area contributed by atoms with E-state index in [9.17, 15) is 9.59 Å². The molecule has 2 amide bonds. The maximum atomic E-state index is 12.6. The van der Waals surface area contributed by atoms with Crippen LogP contribution in [0, 0.1) is 20.8 Å². The molecule has 0 saturated heterocycles. The number of benzene rings is 2. The number of thioether (sulfide) groups is 1. The Bertz CT molecular complexity index is 1080. The number of fused-ring (bicyclic) bond motifs is 1. The number of hydrogen-bond acceptors (Lipinski definition) is 5. The first kappa shape index (κ1) is 19.7. The molecule has 3 aromatic rings. The Morgan fingerprint density at radius 1 is 1.17 bits per heavy atom. The molecule has 0 atom stereocenters. The van der Waals surface area contributed by atoms with Gasteiger partial charge in [0, 0.05) is 15.8 Å². The minimum Gasteiger partial charge on any atom is -0.301 e. The molecule has 7 heteroatoms. The Morgan fingerprint density at radius 3 is 2.66 bits per heavy atom. The highest BCUT2D eigenvalue weighted by molar-refractivity contribution is 8.00. The lowest BCUT2D eigenvalue weighted by Crippen LogP contribution is -2.41. The van der Waals surface area contributed by atoms with Gasteiger partial charge in [0.1, 0.15) is 6.54 Å². The highest BCUT2D eigenvalue weighted by Crippen LogP contribution is 2.35. The first-order chi connectivity index (χ1) is 13.9. The van der Waals surface area contributed by atoms with Crippen molar-refractivity contribution in [3.63, 3.8) is 0 Å². The summed E-state index contributed by atoms with van der Waals surface area (Å²) in [6.07, 6.45) is 0. The lowest BCUT2D eigenvalue weighted by molar-refractivity contribution is -0.120. The molecular weight excluding hydrogens is 402 g/mol. The molecule has 0 saturated carbocycles. The summed E-state index contributed by atoms with van der Waals surface area (Å²) in [7, 11) is 0. The molecule has 0 aliphatic carbocycles. The number of amides is 2. The molecule has 0 unspecified atom stereocenters. The fourth-order valence-electron chi connectivity index (χ4n) is 3.66. The largest absolute Gasteiger partial charge is 0.301 e. The molecule has 2 aromatic carbocycles. The Morgan fingerprint density at radius 2 is 1.90 bits per heavy atom. The summed E-state index contributed by atoms with van der Waals surface area (Å²) in [6.45, 7) is 6.21. The molecular formula is C22H21N3O2S2. The fourth-order valence-corrected chi connectivity index (χ4v) is 5.31. The SMILES string of the molecule is Cc1cc(C)c(-c2csc(NC(=O)CN3C(=O)CSc4ccccc43)n2)c(C)c1. The molecule has 1 N–H and O–H groups in total. The lowest BCUT2D eigenvalue weighted by atomic mass is 9.98. The van der Waals surface area contributed by atoms with Crippen molar-refractivity contribution in [3.05, 3.63) is 58.5 Å². The van der Waals surface area contributed by atoms with Gasteiger partial charge >= 0.3 is 0 Å². The van der Waals surface area contributed by atoms with E-state index in [1.54, 1.807) is 4.90 Å². The summed E-state index contributed by atoms with van der Waals surface area (Å²) >= 11 is 2.90. The molecule has 0 bridgehead atoms. The second-order valence-electron chi connectivity index (χ2n) is 7.10. The predicted octanol–water partition coefficient (Wildman–Crippen LogP) is 4.81. The van der Waals surface area contributed by atoms with E-state index in [4.69, 9.17) is 0 Å². The summed E-state index contributed by atoms with van der Waals surface area (Å²) < 4.78 is 0. The van der Waals surface area contributed by atoms with Gasteiger partial charge in [0.15, 0.2) is 5.13 Å². The van der Waals surface area contributed by atoms with Crippen LogP contribution in [0.4, 0.5) is 10.8 Å². The van der Waals surface area contributed by atoms with Crippen molar-refractivity contribution in [2.24, 2.45) is 0 Å². The molecule has 29 heavy (non-hydrogen) atoms. The van der Waals surface area contributed by atoms with Gasteiger partial charge in [0.2, 0.25) is 11.8 Å². The molecule has 1 aliphatic rings. The molecule has 2 heterocycles. The van der Waals surface area contributed by atoms with Crippen LogP contribution in [0.15, 0.2) is 46.7 Å². The van der Waals surface area contributed by atoms with E-state index in [0.717, 1.165) is 21.8 Å². The number of para-hydroxylation sites is 1. The van der Waals surface area contributed by atoms with Crippen LogP contribution in [0.1, 0.15) is 16.7 Å². The van der Waals surface area contributed by atoms with E-state index in [0.29, 0.717) is 10.9 Å². The third-order valence-corrected chi connectivity index (χ3v) is 6.60. The van der Waals surface area contributed by atoms with Gasteiger partial charge in [-0.15, -0.1) is 23.1 Å². The molecule has 0 fully saturated rings. The van der Waals surface area contributed by atoms with Crippen LogP contribution < -0.4 is 10.2 Å². The average molecular weight is 424 g/mol. The van der Waals surface area contributed by atoms with Crippen LogP contribution in [0.2, 0.25) is 0 Å². The van der Waals surface area contributed by atoms with E-state index in [-0.39, 0.29) is 18.4 Å². The number of aromatic nitrogens is 1. The van der Waals surface area contributed by atoms with E-state index in [1.165, 1.54) is 39.8 Å². The van der Waals surface area contributed by atoms with Gasteiger partial charge in [-0.3, -0.25) is 9.59 Å². The van der Waals surface area contributed by atoms with Crippen LogP contribution in [0.25, 0.3) is 11.3 Å². The van der Waals surface area contributed by atoms with Gasteiger partial charge in [-0.25, -0.2) is 4.98 Å². The molecule has 148 valence electrons. The number of thiazole rings is 1. The molecule has 5 nitrogen and oxygen atoms in total. The van der Waals surface area contributed by atoms with E-state index < -0.39 is 0 Å². The maximum absolute atomic E-state index is 12.6. The Balaban J connectivity index is 1.50. The van der Waals surface area contributed by atoms with Crippen molar-refractivity contribution < 1.29 is 9.59 Å². The minimum absolute atomic E-state index is 0.0199. The standard InChI is InChI=1S/C22H21N3O2S2/c1-13-8-14(2)21(15(3)9-13)16-11-29-22(23-16)24-19(26)10-25-17-6-4-5-7-18(17)28-12-20(25)27/h4-9,11H,10,12H2,1-3H3,(H,23,24,26). The maximum Gasteiger partial charge on any atom is 0.246 e. The zero-order chi connectivity index (χ0) is 20.5. The fraction of sp³-hybridized carbons (Fsp3) is 0.227. The topological polar surface area (TPSA) is 62.3 Å². The van der Waals surface area contributed by atoms with Crippen molar-refractivity contribution in [1.82, 2.24) is 4.98 Å². The summed E-state index contributed by atoms with van der Waals surface area (Å²) in [5.41, 5.74) is 6.30. The van der Waals surface area contributed by atoms with Crippen molar-refractivity contribution in [1.29, 1.82) is 0 Å². The molecule has 1 aliphatic heterocycles. The van der Waals surface area contributed by atoms with Crippen LogP contribution in [0.3, 0.4) is 0 Å². The number of nitrogens with one attached hydrogen (secondary N) is 1. The second kappa shape index (κ2) is 8.00. The van der Waals surface area contributed by atoms with Gasteiger partial charge in [0.25, 0.3) is 0 Å². The number of carbonyl (C=O) groups is 2. The zero-order valence-electron chi connectivity index (χ0n) is 16.5. The third-order valence-electron chi connectivity index (χ3n) is 4.79. The summed E-state index contributed by atoms with van der Waals surface area (Å²) in [4.78, 5) is 32.1. The lowest BCUT2D eigenvalue weighted by Gasteiger charge is -2.28. The van der Waals surface area contributed by atoms with E-state index in [1.807, 2.05) is 29.6 Å². The van der Waals surface area contributed by atoms with Gasteiger partial charge in [0.05, 0.1) is 17.1 Å². The number of carbonyl (C=O) groups excluding carboxylic acids is 2. The molecule has 4 rings (SSSR count). The van der Waals surface area contributed by atoms with Crippen molar-refractivity contribution in [2.45, 2.75) is 25.7 Å². The van der Waals surface area contributed by atoms with Crippen LogP contribution >= 0.6 is 23.1 Å². The monoisotopic (exact) mass is 423 g/mol. The first-order valence-corrected chi connectivity index (χ1v) is 11.1. The van der Waals surface area contributed by atoms with E-state index >= 15 is 0 Å².